The van der Waals surface area contributed by atoms with Gasteiger partial charge in [-0.3, -0.25) is 0 Å². The number of hydrogen-bond donors (Lipinski definition) is 1. The predicted molar refractivity (Wildman–Crippen MR) is 90.0 cm³/mol. The zero-order valence-electron chi connectivity index (χ0n) is 11.8. The maximum atomic E-state index is 13.3. The SMILES string of the molecule is COc1c(Br)cc(Br)cc1CN[C@@H](C)c1cccc(F)c1. The summed E-state index contributed by atoms with van der Waals surface area (Å²) < 4.78 is 20.6. The Kier molecular flexibility index (Phi) is 5.79. The first kappa shape index (κ1) is 16.5. The lowest BCUT2D eigenvalue weighted by atomic mass is 10.1. The number of hydrogen-bond acceptors (Lipinski definition) is 2. The quantitative estimate of drug-likeness (QED) is 0.722. The van der Waals surface area contributed by atoms with Gasteiger partial charge in [0, 0.05) is 22.6 Å². The van der Waals surface area contributed by atoms with Gasteiger partial charge in [0.1, 0.15) is 11.6 Å². The molecule has 2 aromatic rings. The molecule has 0 unspecified atom stereocenters. The summed E-state index contributed by atoms with van der Waals surface area (Å²) in [5.74, 6) is 0.584. The van der Waals surface area contributed by atoms with E-state index in [2.05, 4.69) is 37.2 Å². The van der Waals surface area contributed by atoms with Gasteiger partial charge in [-0.25, -0.2) is 4.39 Å². The molecule has 112 valence electrons. The highest BCUT2D eigenvalue weighted by Gasteiger charge is 2.11. The molecule has 2 rings (SSSR count). The van der Waals surface area contributed by atoms with Crippen molar-refractivity contribution < 1.29 is 9.13 Å². The van der Waals surface area contributed by atoms with Crippen LogP contribution in [-0.2, 0) is 6.54 Å². The number of benzene rings is 2. The standard InChI is InChI=1S/C16H16Br2FNO/c1-10(11-4-3-5-14(19)7-11)20-9-12-6-13(17)8-15(18)16(12)21-2/h3-8,10,20H,9H2,1-2H3/t10-/m0/s1. The second-order valence-corrected chi connectivity index (χ2v) is 6.51. The van der Waals surface area contributed by atoms with Gasteiger partial charge in [0.15, 0.2) is 0 Å². The van der Waals surface area contributed by atoms with Gasteiger partial charge >= 0.3 is 0 Å². The Balaban J connectivity index is 2.13. The van der Waals surface area contributed by atoms with Crippen LogP contribution >= 0.6 is 31.9 Å². The van der Waals surface area contributed by atoms with Crippen molar-refractivity contribution in [3.05, 3.63) is 62.3 Å². The van der Waals surface area contributed by atoms with Crippen LogP contribution in [0.25, 0.3) is 0 Å². The molecular weight excluding hydrogens is 401 g/mol. The summed E-state index contributed by atoms with van der Waals surface area (Å²) in [5, 5.41) is 3.38. The van der Waals surface area contributed by atoms with Gasteiger partial charge in [0.25, 0.3) is 0 Å². The Morgan fingerprint density at radius 1 is 1.24 bits per heavy atom. The average Bonchev–Trinajstić information content (AvgIpc) is 2.44. The van der Waals surface area contributed by atoms with Crippen LogP contribution in [0.4, 0.5) is 4.39 Å². The Bertz CT molecular complexity index is 634. The van der Waals surface area contributed by atoms with Crippen LogP contribution in [0.15, 0.2) is 45.3 Å². The van der Waals surface area contributed by atoms with Crippen molar-refractivity contribution >= 4 is 31.9 Å². The topological polar surface area (TPSA) is 21.3 Å². The molecule has 21 heavy (non-hydrogen) atoms. The number of nitrogens with one attached hydrogen (secondary N) is 1. The first-order valence-corrected chi connectivity index (χ1v) is 8.10. The first-order chi connectivity index (χ1) is 10.0. The molecule has 1 N–H and O–H groups in total. The van der Waals surface area contributed by atoms with Gasteiger partial charge in [0.05, 0.1) is 11.6 Å². The second kappa shape index (κ2) is 7.38. The number of methoxy groups -OCH3 is 1. The molecule has 2 nitrogen and oxygen atoms in total. The Morgan fingerprint density at radius 3 is 2.67 bits per heavy atom. The van der Waals surface area contributed by atoms with E-state index in [1.54, 1.807) is 19.2 Å². The molecule has 0 aliphatic rings. The van der Waals surface area contributed by atoms with Crippen LogP contribution in [0.5, 0.6) is 5.75 Å². The lowest BCUT2D eigenvalue weighted by molar-refractivity contribution is 0.403. The molecule has 0 aromatic heterocycles. The smallest absolute Gasteiger partial charge is 0.137 e. The van der Waals surface area contributed by atoms with Crippen molar-refractivity contribution in [2.45, 2.75) is 19.5 Å². The largest absolute Gasteiger partial charge is 0.495 e. The van der Waals surface area contributed by atoms with E-state index in [-0.39, 0.29) is 11.9 Å². The Hall–Kier alpha value is -0.910. The highest BCUT2D eigenvalue weighted by atomic mass is 79.9. The second-order valence-electron chi connectivity index (χ2n) is 4.74. The molecule has 1 atom stereocenters. The molecular formula is C16H16Br2FNO. The van der Waals surface area contributed by atoms with E-state index < -0.39 is 0 Å². The molecule has 5 heteroatoms. The zero-order valence-corrected chi connectivity index (χ0v) is 15.0. The van der Waals surface area contributed by atoms with E-state index in [9.17, 15) is 4.39 Å². The maximum Gasteiger partial charge on any atom is 0.137 e. The van der Waals surface area contributed by atoms with Crippen LogP contribution in [-0.4, -0.2) is 7.11 Å². The fourth-order valence-electron chi connectivity index (χ4n) is 2.13. The molecule has 0 saturated carbocycles. The van der Waals surface area contributed by atoms with Crippen molar-refractivity contribution in [3.8, 4) is 5.75 Å². The van der Waals surface area contributed by atoms with Crippen molar-refractivity contribution in [1.82, 2.24) is 5.32 Å². The molecule has 0 heterocycles. The van der Waals surface area contributed by atoms with Gasteiger partial charge in [-0.1, -0.05) is 28.1 Å². The van der Waals surface area contributed by atoms with Crippen LogP contribution in [0.1, 0.15) is 24.1 Å². The maximum absolute atomic E-state index is 13.3. The monoisotopic (exact) mass is 415 g/mol. The average molecular weight is 417 g/mol. The Labute approximate surface area is 141 Å². The van der Waals surface area contributed by atoms with Gasteiger partial charge in [-0.05, 0) is 52.7 Å². The molecule has 0 saturated heterocycles. The summed E-state index contributed by atoms with van der Waals surface area (Å²) in [6.45, 7) is 2.63. The fourth-order valence-corrected chi connectivity index (χ4v) is 3.61. The van der Waals surface area contributed by atoms with E-state index in [1.165, 1.54) is 6.07 Å². The third-order valence-electron chi connectivity index (χ3n) is 3.24. The minimum Gasteiger partial charge on any atom is -0.495 e. The summed E-state index contributed by atoms with van der Waals surface area (Å²) in [6.07, 6.45) is 0. The number of rotatable bonds is 5. The summed E-state index contributed by atoms with van der Waals surface area (Å²) in [5.41, 5.74) is 1.95. The lowest BCUT2D eigenvalue weighted by Crippen LogP contribution is -2.18. The lowest BCUT2D eigenvalue weighted by Gasteiger charge is -2.17. The number of halogens is 3. The van der Waals surface area contributed by atoms with Gasteiger partial charge in [0.2, 0.25) is 0 Å². The normalized spacial score (nSPS) is 12.2. The van der Waals surface area contributed by atoms with E-state index in [1.807, 2.05) is 25.1 Å². The van der Waals surface area contributed by atoms with E-state index in [0.717, 1.165) is 25.8 Å². The third kappa shape index (κ3) is 4.28. The molecule has 0 fully saturated rings. The minimum absolute atomic E-state index is 0.0446. The highest BCUT2D eigenvalue weighted by Crippen LogP contribution is 2.33. The molecule has 2 aromatic carbocycles. The van der Waals surface area contributed by atoms with Crippen LogP contribution in [0.2, 0.25) is 0 Å². The molecule has 0 radical (unpaired) electrons. The van der Waals surface area contributed by atoms with E-state index in [4.69, 9.17) is 4.74 Å². The van der Waals surface area contributed by atoms with E-state index in [0.29, 0.717) is 6.54 Å². The third-order valence-corrected chi connectivity index (χ3v) is 4.28. The van der Waals surface area contributed by atoms with Crippen LogP contribution < -0.4 is 10.1 Å². The van der Waals surface area contributed by atoms with Gasteiger partial charge < -0.3 is 10.1 Å². The van der Waals surface area contributed by atoms with Crippen molar-refractivity contribution in [3.63, 3.8) is 0 Å². The Morgan fingerprint density at radius 2 is 2.00 bits per heavy atom. The van der Waals surface area contributed by atoms with Gasteiger partial charge in [-0.15, -0.1) is 0 Å². The molecule has 0 amide bonds. The summed E-state index contributed by atoms with van der Waals surface area (Å²) in [7, 11) is 1.65. The van der Waals surface area contributed by atoms with Crippen molar-refractivity contribution in [2.24, 2.45) is 0 Å². The van der Waals surface area contributed by atoms with Gasteiger partial charge in [-0.2, -0.15) is 0 Å². The van der Waals surface area contributed by atoms with Crippen LogP contribution in [0, 0.1) is 5.82 Å². The van der Waals surface area contributed by atoms with Crippen molar-refractivity contribution in [2.75, 3.05) is 7.11 Å². The highest BCUT2D eigenvalue weighted by molar-refractivity contribution is 9.11. The molecule has 0 aliphatic heterocycles. The number of ether oxygens (including phenoxy) is 1. The predicted octanol–water partition coefficient (Wildman–Crippen LogP) is 5.21. The van der Waals surface area contributed by atoms with E-state index >= 15 is 0 Å². The summed E-state index contributed by atoms with van der Waals surface area (Å²) in [4.78, 5) is 0. The minimum atomic E-state index is -0.219. The molecule has 0 bridgehead atoms. The first-order valence-electron chi connectivity index (χ1n) is 6.52. The fraction of sp³-hybridized carbons (Fsp3) is 0.250. The molecule has 0 aliphatic carbocycles. The van der Waals surface area contributed by atoms with Crippen molar-refractivity contribution in [1.29, 1.82) is 0 Å². The summed E-state index contributed by atoms with van der Waals surface area (Å²) >= 11 is 6.96. The molecule has 0 spiro atoms. The zero-order chi connectivity index (χ0) is 15.4. The summed E-state index contributed by atoms with van der Waals surface area (Å²) in [6, 6.07) is 10.6. The van der Waals surface area contributed by atoms with Crippen LogP contribution in [0.3, 0.4) is 0 Å².